The van der Waals surface area contributed by atoms with E-state index in [-0.39, 0.29) is 11.8 Å². The van der Waals surface area contributed by atoms with Crippen LogP contribution in [0.3, 0.4) is 0 Å². The van der Waals surface area contributed by atoms with Crippen LogP contribution in [0, 0.1) is 0 Å². The standard InChI is InChI=1S/C22H30N4O2/c27-21(9-5-6-18-16-23-20-8-2-1-7-19(18)20)26-14-12-24(13-15-26)17-22(28)25-10-3-4-11-25/h1-2,7-8,16,23H,3-6,9-15,17H2. The summed E-state index contributed by atoms with van der Waals surface area (Å²) in [5, 5.41) is 1.26. The molecule has 150 valence electrons. The number of rotatable bonds is 6. The Morgan fingerprint density at radius 2 is 1.61 bits per heavy atom. The molecule has 3 heterocycles. The normalized spacial score (nSPS) is 18.1. The highest BCUT2D eigenvalue weighted by Crippen LogP contribution is 2.20. The van der Waals surface area contributed by atoms with E-state index in [4.69, 9.17) is 0 Å². The van der Waals surface area contributed by atoms with Gasteiger partial charge in [-0.05, 0) is 37.3 Å². The molecule has 0 spiro atoms. The van der Waals surface area contributed by atoms with Crippen LogP contribution in [0.25, 0.3) is 10.9 Å². The minimum Gasteiger partial charge on any atom is -0.361 e. The van der Waals surface area contributed by atoms with Crippen molar-refractivity contribution >= 4 is 22.7 Å². The van der Waals surface area contributed by atoms with Gasteiger partial charge in [-0.1, -0.05) is 18.2 Å². The second kappa shape index (κ2) is 8.78. The van der Waals surface area contributed by atoms with Crippen molar-refractivity contribution in [1.29, 1.82) is 0 Å². The Balaban J connectivity index is 1.18. The van der Waals surface area contributed by atoms with E-state index in [1.54, 1.807) is 0 Å². The number of hydrogen-bond donors (Lipinski definition) is 1. The van der Waals surface area contributed by atoms with Crippen LogP contribution < -0.4 is 0 Å². The lowest BCUT2D eigenvalue weighted by molar-refractivity contribution is -0.134. The van der Waals surface area contributed by atoms with Crippen molar-refractivity contribution in [3.8, 4) is 0 Å². The minimum absolute atomic E-state index is 0.241. The Bertz CT molecular complexity index is 817. The van der Waals surface area contributed by atoms with E-state index < -0.39 is 0 Å². The highest BCUT2D eigenvalue weighted by atomic mass is 16.2. The molecule has 0 radical (unpaired) electrons. The molecule has 0 bridgehead atoms. The number of fused-ring (bicyclic) bond motifs is 1. The lowest BCUT2D eigenvalue weighted by Crippen LogP contribution is -2.51. The summed E-state index contributed by atoms with van der Waals surface area (Å²) < 4.78 is 0. The number of nitrogens with one attached hydrogen (secondary N) is 1. The van der Waals surface area contributed by atoms with E-state index in [9.17, 15) is 9.59 Å². The smallest absolute Gasteiger partial charge is 0.236 e. The van der Waals surface area contributed by atoms with Crippen LogP contribution in [0.15, 0.2) is 30.5 Å². The summed E-state index contributed by atoms with van der Waals surface area (Å²) >= 11 is 0. The lowest BCUT2D eigenvalue weighted by Gasteiger charge is -2.35. The van der Waals surface area contributed by atoms with Gasteiger partial charge in [0.2, 0.25) is 11.8 Å². The predicted molar refractivity (Wildman–Crippen MR) is 110 cm³/mol. The van der Waals surface area contributed by atoms with E-state index >= 15 is 0 Å². The number of H-pyrrole nitrogens is 1. The molecule has 2 amide bonds. The zero-order valence-electron chi connectivity index (χ0n) is 16.5. The fourth-order valence-corrected chi connectivity index (χ4v) is 4.34. The number of carbonyl (C=O) groups is 2. The first-order valence-corrected chi connectivity index (χ1v) is 10.5. The van der Waals surface area contributed by atoms with Crippen molar-refractivity contribution in [3.63, 3.8) is 0 Å². The average Bonchev–Trinajstić information content (AvgIpc) is 3.39. The van der Waals surface area contributed by atoms with Gasteiger partial charge < -0.3 is 14.8 Å². The van der Waals surface area contributed by atoms with E-state index in [0.29, 0.717) is 13.0 Å². The number of aryl methyl sites for hydroxylation is 1. The van der Waals surface area contributed by atoms with Gasteiger partial charge >= 0.3 is 0 Å². The molecule has 28 heavy (non-hydrogen) atoms. The predicted octanol–water partition coefficient (Wildman–Crippen LogP) is 2.26. The van der Waals surface area contributed by atoms with Crippen molar-refractivity contribution in [2.45, 2.75) is 32.1 Å². The molecule has 6 heteroatoms. The zero-order chi connectivity index (χ0) is 19.3. The largest absolute Gasteiger partial charge is 0.361 e. The molecule has 2 aromatic rings. The highest BCUT2D eigenvalue weighted by Gasteiger charge is 2.25. The highest BCUT2D eigenvalue weighted by molar-refractivity contribution is 5.83. The Kier molecular flexibility index (Phi) is 5.95. The Morgan fingerprint density at radius 1 is 0.893 bits per heavy atom. The number of nitrogens with zero attached hydrogens (tertiary/aromatic N) is 3. The van der Waals surface area contributed by atoms with Crippen LogP contribution in [-0.2, 0) is 16.0 Å². The average molecular weight is 383 g/mol. The van der Waals surface area contributed by atoms with Gasteiger partial charge in [-0.25, -0.2) is 0 Å². The topological polar surface area (TPSA) is 59.7 Å². The number of carbonyl (C=O) groups excluding carboxylic acids is 2. The molecule has 0 unspecified atom stereocenters. The van der Waals surface area contributed by atoms with Crippen molar-refractivity contribution < 1.29 is 9.59 Å². The first-order valence-electron chi connectivity index (χ1n) is 10.5. The summed E-state index contributed by atoms with van der Waals surface area (Å²) in [5.74, 6) is 0.487. The SMILES string of the molecule is O=C(CCCc1c[nH]c2ccccc12)N1CCN(CC(=O)N2CCCC2)CC1. The first-order chi connectivity index (χ1) is 13.7. The number of aromatic amines is 1. The van der Waals surface area contributed by atoms with Crippen molar-refractivity contribution in [2.24, 2.45) is 0 Å². The van der Waals surface area contributed by atoms with Gasteiger partial charge in [0, 0.05) is 62.8 Å². The molecule has 4 rings (SSSR count). The molecule has 6 nitrogen and oxygen atoms in total. The van der Waals surface area contributed by atoms with Crippen LogP contribution in [0.2, 0.25) is 0 Å². The third-order valence-corrected chi connectivity index (χ3v) is 6.05. The third kappa shape index (κ3) is 4.38. The summed E-state index contributed by atoms with van der Waals surface area (Å²) in [6, 6.07) is 8.30. The van der Waals surface area contributed by atoms with Gasteiger partial charge in [-0.3, -0.25) is 14.5 Å². The van der Waals surface area contributed by atoms with E-state index in [1.807, 2.05) is 15.9 Å². The number of para-hydroxylation sites is 1. The van der Waals surface area contributed by atoms with Gasteiger partial charge in [0.15, 0.2) is 0 Å². The van der Waals surface area contributed by atoms with Gasteiger partial charge in [0.25, 0.3) is 0 Å². The molecule has 0 aliphatic carbocycles. The number of piperazine rings is 1. The van der Waals surface area contributed by atoms with Crippen LogP contribution in [0.1, 0.15) is 31.2 Å². The second-order valence-corrected chi connectivity index (χ2v) is 7.96. The number of likely N-dealkylation sites (tertiary alicyclic amines) is 1. The molecule has 2 aliphatic heterocycles. The van der Waals surface area contributed by atoms with Gasteiger partial charge in [0.05, 0.1) is 6.54 Å². The van der Waals surface area contributed by atoms with E-state index in [2.05, 4.69) is 34.3 Å². The van der Waals surface area contributed by atoms with Crippen LogP contribution in [0.4, 0.5) is 0 Å². The quantitative estimate of drug-likeness (QED) is 0.834. The lowest BCUT2D eigenvalue weighted by atomic mass is 10.1. The van der Waals surface area contributed by atoms with Crippen molar-refractivity contribution in [2.75, 3.05) is 45.8 Å². The first kappa shape index (κ1) is 19.0. The van der Waals surface area contributed by atoms with Gasteiger partial charge in [0.1, 0.15) is 0 Å². The van der Waals surface area contributed by atoms with Crippen molar-refractivity contribution in [3.05, 3.63) is 36.0 Å². The number of hydrogen-bond acceptors (Lipinski definition) is 3. The zero-order valence-corrected chi connectivity index (χ0v) is 16.5. The monoisotopic (exact) mass is 382 g/mol. The second-order valence-electron chi connectivity index (χ2n) is 7.96. The molecule has 1 aromatic carbocycles. The molecule has 2 saturated heterocycles. The number of aromatic nitrogens is 1. The summed E-state index contributed by atoms with van der Waals surface area (Å²) in [6.45, 7) is 5.39. The maximum absolute atomic E-state index is 12.6. The number of amides is 2. The van der Waals surface area contributed by atoms with Gasteiger partial charge in [-0.2, -0.15) is 0 Å². The Labute approximate surface area is 166 Å². The molecular weight excluding hydrogens is 352 g/mol. The summed E-state index contributed by atoms with van der Waals surface area (Å²) in [5.41, 5.74) is 2.44. The molecule has 1 N–H and O–H groups in total. The maximum Gasteiger partial charge on any atom is 0.236 e. The molecule has 2 fully saturated rings. The van der Waals surface area contributed by atoms with Crippen LogP contribution in [-0.4, -0.2) is 77.3 Å². The molecule has 2 aliphatic rings. The van der Waals surface area contributed by atoms with Crippen LogP contribution in [0.5, 0.6) is 0 Å². The summed E-state index contributed by atoms with van der Waals surface area (Å²) in [4.78, 5) is 34.3. The fraction of sp³-hybridized carbons (Fsp3) is 0.545. The summed E-state index contributed by atoms with van der Waals surface area (Å²) in [6.07, 6.45) is 6.70. The Hall–Kier alpha value is -2.34. The third-order valence-electron chi connectivity index (χ3n) is 6.05. The molecule has 0 saturated carbocycles. The van der Waals surface area contributed by atoms with Crippen molar-refractivity contribution in [1.82, 2.24) is 19.7 Å². The molecule has 0 atom stereocenters. The van der Waals surface area contributed by atoms with E-state index in [0.717, 1.165) is 70.5 Å². The van der Waals surface area contributed by atoms with Gasteiger partial charge in [-0.15, -0.1) is 0 Å². The molecular formula is C22H30N4O2. The van der Waals surface area contributed by atoms with E-state index in [1.165, 1.54) is 10.9 Å². The maximum atomic E-state index is 12.6. The molecule has 1 aromatic heterocycles. The minimum atomic E-state index is 0.241. The van der Waals surface area contributed by atoms with Crippen LogP contribution >= 0.6 is 0 Å². The summed E-state index contributed by atoms with van der Waals surface area (Å²) in [7, 11) is 0. The Morgan fingerprint density at radius 3 is 2.39 bits per heavy atom. The fourth-order valence-electron chi connectivity index (χ4n) is 4.34. The number of benzene rings is 1.